The van der Waals surface area contributed by atoms with Gasteiger partial charge in [0, 0.05) is 16.6 Å². The number of hydrogen-bond donors (Lipinski definition) is 2. The fraction of sp³-hybridized carbons (Fsp3) is 0.235. The summed E-state index contributed by atoms with van der Waals surface area (Å²) >= 11 is 1.56. The van der Waals surface area contributed by atoms with Gasteiger partial charge >= 0.3 is 0 Å². The molecule has 24 heavy (non-hydrogen) atoms. The summed E-state index contributed by atoms with van der Waals surface area (Å²) in [6, 6.07) is 12.0. The van der Waals surface area contributed by atoms with Gasteiger partial charge in [-0.1, -0.05) is 25.1 Å². The predicted molar refractivity (Wildman–Crippen MR) is 97.0 cm³/mol. The van der Waals surface area contributed by atoms with E-state index in [0.717, 1.165) is 10.5 Å². The van der Waals surface area contributed by atoms with Gasteiger partial charge in [0.25, 0.3) is 10.0 Å². The molecule has 2 aromatic carbocycles. The number of aryl methyl sites for hydroxylation is 1. The molecule has 0 aromatic heterocycles. The lowest BCUT2D eigenvalue weighted by Gasteiger charge is -2.13. The highest BCUT2D eigenvalue weighted by atomic mass is 32.2. The van der Waals surface area contributed by atoms with Crippen molar-refractivity contribution in [2.45, 2.75) is 35.3 Å². The molecule has 1 amide bonds. The van der Waals surface area contributed by atoms with Crippen LogP contribution in [0.15, 0.2) is 52.3 Å². The second kappa shape index (κ2) is 6.49. The molecule has 0 unspecified atom stereocenters. The number of para-hydroxylation sites is 1. The normalized spacial score (nSPS) is 17.6. The maximum Gasteiger partial charge on any atom is 0.261 e. The SMILES string of the molecule is Cc1ccccc1NS(=O)(=O)c1ccc2c(c1)NC(=O)C[C@@H](C)S2. The quantitative estimate of drug-likeness (QED) is 0.874. The van der Waals surface area contributed by atoms with Gasteiger partial charge in [0.15, 0.2) is 0 Å². The first kappa shape index (κ1) is 16.9. The number of rotatable bonds is 3. The molecule has 0 radical (unpaired) electrons. The minimum absolute atomic E-state index is 0.102. The Morgan fingerprint density at radius 1 is 1.21 bits per heavy atom. The Hall–Kier alpha value is -1.99. The van der Waals surface area contributed by atoms with E-state index < -0.39 is 10.0 Å². The van der Waals surface area contributed by atoms with Gasteiger partial charge in [0.2, 0.25) is 5.91 Å². The number of hydrogen-bond acceptors (Lipinski definition) is 4. The van der Waals surface area contributed by atoms with E-state index >= 15 is 0 Å². The van der Waals surface area contributed by atoms with E-state index in [1.807, 2.05) is 26.0 Å². The monoisotopic (exact) mass is 362 g/mol. The van der Waals surface area contributed by atoms with Gasteiger partial charge in [-0.3, -0.25) is 9.52 Å². The van der Waals surface area contributed by atoms with Crippen LogP contribution in [0.3, 0.4) is 0 Å². The van der Waals surface area contributed by atoms with Crippen LogP contribution in [-0.2, 0) is 14.8 Å². The minimum Gasteiger partial charge on any atom is -0.325 e. The molecule has 0 spiro atoms. The summed E-state index contributed by atoms with van der Waals surface area (Å²) in [5.41, 5.74) is 1.93. The van der Waals surface area contributed by atoms with Crippen molar-refractivity contribution in [3.8, 4) is 0 Å². The van der Waals surface area contributed by atoms with E-state index in [1.54, 1.807) is 36.0 Å². The minimum atomic E-state index is -3.72. The van der Waals surface area contributed by atoms with E-state index in [1.165, 1.54) is 6.07 Å². The topological polar surface area (TPSA) is 75.3 Å². The van der Waals surface area contributed by atoms with Crippen LogP contribution in [-0.4, -0.2) is 19.6 Å². The van der Waals surface area contributed by atoms with Gasteiger partial charge in [0.1, 0.15) is 0 Å². The molecule has 2 N–H and O–H groups in total. The van der Waals surface area contributed by atoms with Crippen LogP contribution in [0.1, 0.15) is 18.9 Å². The number of sulfonamides is 1. The summed E-state index contributed by atoms with van der Waals surface area (Å²) in [7, 11) is -3.72. The lowest BCUT2D eigenvalue weighted by atomic mass is 10.2. The molecule has 1 heterocycles. The van der Waals surface area contributed by atoms with Crippen LogP contribution in [0.25, 0.3) is 0 Å². The Bertz CT molecular complexity index is 894. The average molecular weight is 362 g/mol. The van der Waals surface area contributed by atoms with Crippen LogP contribution in [0.4, 0.5) is 11.4 Å². The van der Waals surface area contributed by atoms with Gasteiger partial charge in [-0.2, -0.15) is 0 Å². The summed E-state index contributed by atoms with van der Waals surface area (Å²) in [6.07, 6.45) is 0.406. The summed E-state index contributed by atoms with van der Waals surface area (Å²) in [4.78, 5) is 12.9. The second-order valence-corrected chi connectivity index (χ2v) is 8.92. The molecule has 7 heteroatoms. The zero-order chi connectivity index (χ0) is 17.3. The van der Waals surface area contributed by atoms with E-state index in [4.69, 9.17) is 0 Å². The molecule has 0 bridgehead atoms. The molecule has 5 nitrogen and oxygen atoms in total. The first-order valence-electron chi connectivity index (χ1n) is 7.54. The number of amides is 1. The smallest absolute Gasteiger partial charge is 0.261 e. The maximum atomic E-state index is 12.6. The summed E-state index contributed by atoms with van der Waals surface area (Å²) < 4.78 is 27.9. The fourth-order valence-corrected chi connectivity index (χ4v) is 4.70. The molecule has 1 aliphatic heterocycles. The lowest BCUT2D eigenvalue weighted by molar-refractivity contribution is -0.116. The Morgan fingerprint density at radius 3 is 2.71 bits per heavy atom. The van der Waals surface area contributed by atoms with Crippen molar-refractivity contribution in [1.82, 2.24) is 0 Å². The number of carbonyl (C=O) groups is 1. The largest absolute Gasteiger partial charge is 0.325 e. The third-order valence-electron chi connectivity index (χ3n) is 3.73. The number of thioether (sulfide) groups is 1. The van der Waals surface area contributed by atoms with Crippen molar-refractivity contribution in [2.24, 2.45) is 0 Å². The fourth-order valence-electron chi connectivity index (χ4n) is 2.49. The second-order valence-electron chi connectivity index (χ2n) is 5.76. The molecule has 0 aliphatic carbocycles. The van der Waals surface area contributed by atoms with Crippen molar-refractivity contribution in [3.05, 3.63) is 48.0 Å². The molecule has 126 valence electrons. The predicted octanol–water partition coefficient (Wildman–Crippen LogP) is 3.62. The van der Waals surface area contributed by atoms with Gasteiger partial charge in [-0.05, 0) is 36.8 Å². The summed E-state index contributed by atoms with van der Waals surface area (Å²) in [5.74, 6) is -0.102. The Balaban J connectivity index is 1.95. The molecule has 3 rings (SSSR count). The highest BCUT2D eigenvalue weighted by molar-refractivity contribution is 8.00. The molecular formula is C17H18N2O3S2. The van der Waals surface area contributed by atoms with Gasteiger partial charge in [0.05, 0.1) is 16.3 Å². The summed E-state index contributed by atoms with van der Waals surface area (Å²) in [5, 5.41) is 2.94. The van der Waals surface area contributed by atoms with Crippen LogP contribution in [0.2, 0.25) is 0 Å². The lowest BCUT2D eigenvalue weighted by Crippen LogP contribution is -2.15. The zero-order valence-electron chi connectivity index (χ0n) is 13.4. The van der Waals surface area contributed by atoms with Crippen LogP contribution in [0.5, 0.6) is 0 Å². The average Bonchev–Trinajstić information content (AvgIpc) is 2.65. The van der Waals surface area contributed by atoms with Crippen LogP contribution < -0.4 is 10.0 Å². The summed E-state index contributed by atoms with van der Waals surface area (Å²) in [6.45, 7) is 3.82. The number of anilines is 2. The molecule has 1 atom stereocenters. The van der Waals surface area contributed by atoms with Crippen LogP contribution in [0, 0.1) is 6.92 Å². The number of carbonyl (C=O) groups excluding carboxylic acids is 1. The third-order valence-corrected chi connectivity index (χ3v) is 6.27. The molecule has 0 fully saturated rings. The molecule has 0 saturated heterocycles. The number of nitrogens with one attached hydrogen (secondary N) is 2. The molecule has 0 saturated carbocycles. The number of fused-ring (bicyclic) bond motifs is 1. The van der Waals surface area contributed by atoms with Crippen LogP contribution >= 0.6 is 11.8 Å². The Morgan fingerprint density at radius 2 is 1.96 bits per heavy atom. The van der Waals surface area contributed by atoms with Gasteiger partial charge < -0.3 is 5.32 Å². The van der Waals surface area contributed by atoms with Crippen molar-refractivity contribution in [3.63, 3.8) is 0 Å². The number of benzene rings is 2. The van der Waals surface area contributed by atoms with Gasteiger partial charge in [-0.25, -0.2) is 8.42 Å². The van der Waals surface area contributed by atoms with Crippen molar-refractivity contribution >= 4 is 39.1 Å². The zero-order valence-corrected chi connectivity index (χ0v) is 15.0. The van der Waals surface area contributed by atoms with Crippen molar-refractivity contribution < 1.29 is 13.2 Å². The standard InChI is InChI=1S/C17H18N2O3S2/c1-11-5-3-4-6-14(11)19-24(21,22)13-7-8-16-15(10-13)18-17(20)9-12(2)23-16/h3-8,10,12,19H,9H2,1-2H3,(H,18,20)/t12-/m1/s1. The Labute approximate surface area is 145 Å². The van der Waals surface area contributed by atoms with E-state index in [-0.39, 0.29) is 16.1 Å². The highest BCUT2D eigenvalue weighted by Crippen LogP contribution is 2.36. The molecule has 2 aromatic rings. The highest BCUT2D eigenvalue weighted by Gasteiger charge is 2.22. The van der Waals surface area contributed by atoms with Crippen molar-refractivity contribution in [2.75, 3.05) is 10.0 Å². The van der Waals surface area contributed by atoms with E-state index in [2.05, 4.69) is 10.0 Å². The van der Waals surface area contributed by atoms with E-state index in [9.17, 15) is 13.2 Å². The van der Waals surface area contributed by atoms with E-state index in [0.29, 0.717) is 17.8 Å². The van der Waals surface area contributed by atoms with Crippen molar-refractivity contribution in [1.29, 1.82) is 0 Å². The first-order valence-corrected chi connectivity index (χ1v) is 9.90. The third kappa shape index (κ3) is 3.57. The Kier molecular flexibility index (Phi) is 4.56. The first-order chi connectivity index (χ1) is 11.3. The maximum absolute atomic E-state index is 12.6. The molecule has 1 aliphatic rings. The van der Waals surface area contributed by atoms with Gasteiger partial charge in [-0.15, -0.1) is 11.8 Å². The molecular weight excluding hydrogens is 344 g/mol.